The number of hydrogen-bond acceptors (Lipinski definition) is 5. The van der Waals surface area contributed by atoms with Crippen LogP contribution in [0.3, 0.4) is 0 Å². The SMILES string of the molecule is CN1CCN(CCCOc2ccsc2CN)CC1. The molecule has 2 rings (SSSR count). The number of ether oxygens (including phenoxy) is 1. The Morgan fingerprint density at radius 2 is 2.11 bits per heavy atom. The van der Waals surface area contributed by atoms with Crippen molar-refractivity contribution in [2.24, 2.45) is 5.73 Å². The first-order valence-electron chi connectivity index (χ1n) is 6.59. The maximum atomic E-state index is 5.77. The van der Waals surface area contributed by atoms with E-state index in [2.05, 4.69) is 16.8 Å². The molecule has 4 nitrogen and oxygen atoms in total. The molecule has 2 heterocycles. The van der Waals surface area contributed by atoms with Crippen molar-refractivity contribution in [2.75, 3.05) is 46.4 Å². The Morgan fingerprint density at radius 1 is 1.33 bits per heavy atom. The van der Waals surface area contributed by atoms with Gasteiger partial charge in [0.1, 0.15) is 5.75 Å². The van der Waals surface area contributed by atoms with Gasteiger partial charge >= 0.3 is 0 Å². The summed E-state index contributed by atoms with van der Waals surface area (Å²) >= 11 is 1.67. The van der Waals surface area contributed by atoms with Crippen LogP contribution < -0.4 is 10.5 Å². The van der Waals surface area contributed by atoms with Crippen LogP contribution in [0.15, 0.2) is 11.4 Å². The minimum atomic E-state index is 0.575. The molecule has 0 amide bonds. The number of nitrogens with zero attached hydrogens (tertiary/aromatic N) is 2. The predicted molar refractivity (Wildman–Crippen MR) is 76.3 cm³/mol. The van der Waals surface area contributed by atoms with E-state index >= 15 is 0 Å². The van der Waals surface area contributed by atoms with Crippen LogP contribution in [0.25, 0.3) is 0 Å². The summed E-state index contributed by atoms with van der Waals surface area (Å²) in [6.45, 7) is 7.23. The van der Waals surface area contributed by atoms with E-state index in [-0.39, 0.29) is 0 Å². The lowest BCUT2D eigenvalue weighted by Crippen LogP contribution is -2.44. The average molecular weight is 269 g/mol. The number of nitrogens with two attached hydrogens (primary N) is 1. The second-order valence-corrected chi connectivity index (χ2v) is 5.76. The van der Waals surface area contributed by atoms with Gasteiger partial charge in [-0.3, -0.25) is 0 Å². The molecule has 5 heteroatoms. The highest BCUT2D eigenvalue weighted by molar-refractivity contribution is 7.10. The van der Waals surface area contributed by atoms with Crippen LogP contribution in [0.4, 0.5) is 0 Å². The van der Waals surface area contributed by atoms with Gasteiger partial charge in [0.2, 0.25) is 0 Å². The maximum absolute atomic E-state index is 5.77. The molecule has 1 aromatic heterocycles. The Bertz CT molecular complexity index is 348. The summed E-state index contributed by atoms with van der Waals surface area (Å²) in [6, 6.07) is 2.02. The topological polar surface area (TPSA) is 41.7 Å². The molecule has 1 saturated heterocycles. The zero-order valence-electron chi connectivity index (χ0n) is 11.1. The summed E-state index contributed by atoms with van der Waals surface area (Å²) in [5.41, 5.74) is 5.65. The highest BCUT2D eigenvalue weighted by Crippen LogP contribution is 2.24. The summed E-state index contributed by atoms with van der Waals surface area (Å²) in [4.78, 5) is 6.04. The van der Waals surface area contributed by atoms with Crippen LogP contribution in [0.2, 0.25) is 0 Å². The molecule has 0 aliphatic carbocycles. The van der Waals surface area contributed by atoms with E-state index in [0.29, 0.717) is 6.54 Å². The third-order valence-electron chi connectivity index (χ3n) is 3.36. The molecule has 0 spiro atoms. The summed E-state index contributed by atoms with van der Waals surface area (Å²) in [5.74, 6) is 0.973. The number of piperazine rings is 1. The molecule has 0 saturated carbocycles. The number of likely N-dealkylation sites (N-methyl/N-ethyl adjacent to an activating group) is 1. The summed E-state index contributed by atoms with van der Waals surface area (Å²) in [6.07, 6.45) is 1.09. The molecule has 2 N–H and O–H groups in total. The van der Waals surface area contributed by atoms with Crippen LogP contribution in [0, 0.1) is 0 Å². The molecule has 1 aromatic rings. The fraction of sp³-hybridized carbons (Fsp3) is 0.692. The smallest absolute Gasteiger partial charge is 0.134 e. The zero-order chi connectivity index (χ0) is 12.8. The number of rotatable bonds is 6. The van der Waals surface area contributed by atoms with Gasteiger partial charge in [-0.05, 0) is 24.9 Å². The first-order chi connectivity index (χ1) is 8.79. The fourth-order valence-corrected chi connectivity index (χ4v) is 2.84. The molecule has 0 unspecified atom stereocenters. The van der Waals surface area contributed by atoms with Crippen LogP contribution >= 0.6 is 11.3 Å². The van der Waals surface area contributed by atoms with Crippen molar-refractivity contribution in [2.45, 2.75) is 13.0 Å². The predicted octanol–water partition coefficient (Wildman–Crippen LogP) is 1.22. The van der Waals surface area contributed by atoms with E-state index in [1.165, 1.54) is 26.2 Å². The van der Waals surface area contributed by atoms with Crippen molar-refractivity contribution in [1.82, 2.24) is 9.80 Å². The van der Waals surface area contributed by atoms with E-state index in [1.54, 1.807) is 11.3 Å². The second-order valence-electron chi connectivity index (χ2n) is 4.76. The van der Waals surface area contributed by atoms with Crippen molar-refractivity contribution >= 4 is 11.3 Å². The number of thiophene rings is 1. The van der Waals surface area contributed by atoms with E-state index < -0.39 is 0 Å². The first-order valence-corrected chi connectivity index (χ1v) is 7.47. The van der Waals surface area contributed by atoms with Gasteiger partial charge in [-0.1, -0.05) is 0 Å². The molecule has 0 atom stereocenters. The lowest BCUT2D eigenvalue weighted by Gasteiger charge is -2.32. The Hall–Kier alpha value is -0.620. The largest absolute Gasteiger partial charge is 0.492 e. The lowest BCUT2D eigenvalue weighted by molar-refractivity contribution is 0.145. The highest BCUT2D eigenvalue weighted by atomic mass is 32.1. The van der Waals surface area contributed by atoms with Gasteiger partial charge in [0.05, 0.1) is 11.5 Å². The Labute approximate surface area is 113 Å². The monoisotopic (exact) mass is 269 g/mol. The zero-order valence-corrected chi connectivity index (χ0v) is 11.9. The van der Waals surface area contributed by atoms with Gasteiger partial charge in [0.25, 0.3) is 0 Å². The van der Waals surface area contributed by atoms with Crippen molar-refractivity contribution in [3.63, 3.8) is 0 Å². The Morgan fingerprint density at radius 3 is 2.83 bits per heavy atom. The fourth-order valence-electron chi connectivity index (χ4n) is 2.15. The van der Waals surface area contributed by atoms with Gasteiger partial charge in [0, 0.05) is 39.3 Å². The molecular weight excluding hydrogens is 246 g/mol. The Balaban J connectivity index is 1.61. The first kappa shape index (κ1) is 13.8. The van der Waals surface area contributed by atoms with Crippen LogP contribution in [-0.2, 0) is 6.54 Å². The minimum absolute atomic E-state index is 0.575. The minimum Gasteiger partial charge on any atom is -0.492 e. The maximum Gasteiger partial charge on any atom is 0.134 e. The third-order valence-corrected chi connectivity index (χ3v) is 4.29. The molecule has 1 fully saturated rings. The van der Waals surface area contributed by atoms with Gasteiger partial charge in [0.15, 0.2) is 0 Å². The van der Waals surface area contributed by atoms with Gasteiger partial charge in [-0.2, -0.15) is 0 Å². The summed E-state index contributed by atoms with van der Waals surface area (Å²) in [7, 11) is 2.19. The van der Waals surface area contributed by atoms with Crippen molar-refractivity contribution < 1.29 is 4.74 Å². The van der Waals surface area contributed by atoms with Gasteiger partial charge < -0.3 is 20.3 Å². The summed E-state index contributed by atoms with van der Waals surface area (Å²) < 4.78 is 5.77. The average Bonchev–Trinajstić information content (AvgIpc) is 2.84. The quantitative estimate of drug-likeness (QED) is 0.789. The van der Waals surface area contributed by atoms with E-state index in [4.69, 9.17) is 10.5 Å². The Kier molecular flexibility index (Phi) is 5.44. The second kappa shape index (κ2) is 7.09. The van der Waals surface area contributed by atoms with Crippen molar-refractivity contribution in [1.29, 1.82) is 0 Å². The molecular formula is C13H23N3OS. The number of hydrogen-bond donors (Lipinski definition) is 1. The van der Waals surface area contributed by atoms with E-state index in [0.717, 1.165) is 30.2 Å². The molecule has 1 aliphatic rings. The third kappa shape index (κ3) is 3.95. The van der Waals surface area contributed by atoms with Gasteiger partial charge in [-0.15, -0.1) is 11.3 Å². The normalized spacial score (nSPS) is 18.1. The molecule has 1 aliphatic heterocycles. The molecule has 0 bridgehead atoms. The molecule has 102 valence electrons. The van der Waals surface area contributed by atoms with Crippen molar-refractivity contribution in [3.05, 3.63) is 16.3 Å². The van der Waals surface area contributed by atoms with E-state index in [9.17, 15) is 0 Å². The van der Waals surface area contributed by atoms with Crippen LogP contribution in [0.1, 0.15) is 11.3 Å². The molecule has 0 aromatic carbocycles. The van der Waals surface area contributed by atoms with Crippen molar-refractivity contribution in [3.8, 4) is 5.75 Å². The standard InChI is InChI=1S/C13H23N3OS/c1-15-5-7-16(8-6-15)4-2-9-17-12-3-10-18-13(12)11-14/h3,10H,2,4-9,11,14H2,1H3. The molecule has 18 heavy (non-hydrogen) atoms. The highest BCUT2D eigenvalue weighted by Gasteiger charge is 2.13. The van der Waals surface area contributed by atoms with Gasteiger partial charge in [-0.25, -0.2) is 0 Å². The van der Waals surface area contributed by atoms with Crippen LogP contribution in [0.5, 0.6) is 5.75 Å². The van der Waals surface area contributed by atoms with E-state index in [1.807, 2.05) is 11.4 Å². The summed E-state index contributed by atoms with van der Waals surface area (Å²) in [5, 5.41) is 2.04. The molecule has 0 radical (unpaired) electrons. The van der Waals surface area contributed by atoms with Crippen LogP contribution in [-0.4, -0.2) is 56.2 Å². The lowest BCUT2D eigenvalue weighted by atomic mass is 10.3.